The summed E-state index contributed by atoms with van der Waals surface area (Å²) in [5.41, 5.74) is 5.48. The molecule has 3 rings (SSSR count). The van der Waals surface area contributed by atoms with Crippen LogP contribution >= 0.6 is 23.6 Å². The second-order valence-electron chi connectivity index (χ2n) is 5.27. The molecule has 0 N–H and O–H groups in total. The van der Waals surface area contributed by atoms with E-state index in [1.165, 1.54) is 11.1 Å². The van der Waals surface area contributed by atoms with Gasteiger partial charge >= 0.3 is 0 Å². The Morgan fingerprint density at radius 3 is 3.00 bits per heavy atom. The van der Waals surface area contributed by atoms with Crippen LogP contribution in [-0.2, 0) is 7.05 Å². The average molecular weight is 327 g/mol. The number of hydrogen-bond donors (Lipinski definition) is 0. The molecule has 22 heavy (non-hydrogen) atoms. The summed E-state index contributed by atoms with van der Waals surface area (Å²) in [6, 6.07) is 0. The summed E-state index contributed by atoms with van der Waals surface area (Å²) in [7, 11) is 2.01. The predicted molar refractivity (Wildman–Crippen MR) is 97.2 cm³/mol. The Labute approximate surface area is 139 Å². The molecular weight excluding hydrogens is 310 g/mol. The summed E-state index contributed by atoms with van der Waals surface area (Å²) in [6.45, 7) is 2.13. The lowest BCUT2D eigenvalue weighted by molar-refractivity contribution is 0.919. The Hall–Kier alpha value is -1.85. The minimum absolute atomic E-state index is 0.840. The molecule has 0 unspecified atom stereocenters. The molecule has 0 radical (unpaired) electrons. The molecule has 2 aromatic heterocycles. The van der Waals surface area contributed by atoms with Gasteiger partial charge in [-0.2, -0.15) is 0 Å². The highest BCUT2D eigenvalue weighted by molar-refractivity contribution is 7.79. The summed E-state index contributed by atoms with van der Waals surface area (Å²) in [5.74, 6) is 0. The van der Waals surface area contributed by atoms with E-state index < -0.39 is 0 Å². The Balaban J connectivity index is 2.04. The van der Waals surface area contributed by atoms with Gasteiger partial charge in [0.1, 0.15) is 10.7 Å². The molecule has 3 nitrogen and oxygen atoms in total. The third-order valence-electron chi connectivity index (χ3n) is 3.61. The Kier molecular flexibility index (Phi) is 4.45. The van der Waals surface area contributed by atoms with Gasteiger partial charge in [0.15, 0.2) is 0 Å². The molecule has 0 saturated heterocycles. The van der Waals surface area contributed by atoms with Crippen LogP contribution in [0.3, 0.4) is 0 Å². The number of allylic oxidation sites excluding steroid dienone is 6. The van der Waals surface area contributed by atoms with Gasteiger partial charge < -0.3 is 4.57 Å². The summed E-state index contributed by atoms with van der Waals surface area (Å²) in [6.07, 6.45) is 12.5. The van der Waals surface area contributed by atoms with Crippen molar-refractivity contribution < 1.29 is 0 Å². The number of thiazole rings is 1. The zero-order chi connectivity index (χ0) is 15.5. The second-order valence-corrected chi connectivity index (χ2v) is 6.36. The van der Waals surface area contributed by atoms with Crippen molar-refractivity contribution in [3.63, 3.8) is 0 Å². The van der Waals surface area contributed by atoms with E-state index in [2.05, 4.69) is 41.2 Å². The Bertz CT molecular complexity index is 791. The molecule has 0 fully saturated rings. The van der Waals surface area contributed by atoms with E-state index in [0.717, 1.165) is 34.9 Å². The lowest BCUT2D eigenvalue weighted by Gasteiger charge is -2.08. The number of hydrogen-bond acceptors (Lipinski definition) is 4. The molecule has 2 aromatic rings. The van der Waals surface area contributed by atoms with Crippen LogP contribution < -0.4 is 0 Å². The number of imidazole rings is 1. The minimum Gasteiger partial charge on any atom is -0.331 e. The van der Waals surface area contributed by atoms with Crippen LogP contribution in [0.5, 0.6) is 0 Å². The summed E-state index contributed by atoms with van der Waals surface area (Å²) in [4.78, 5) is 9.20. The van der Waals surface area contributed by atoms with Crippen molar-refractivity contribution in [2.24, 2.45) is 7.05 Å². The van der Waals surface area contributed by atoms with Crippen LogP contribution in [0.4, 0.5) is 0 Å². The highest BCUT2D eigenvalue weighted by atomic mass is 32.1. The fourth-order valence-electron chi connectivity index (χ4n) is 2.47. The quantitative estimate of drug-likeness (QED) is 0.774. The van der Waals surface area contributed by atoms with Gasteiger partial charge in [0.05, 0.1) is 17.7 Å². The summed E-state index contributed by atoms with van der Waals surface area (Å²) in [5, 5.41) is 4.56. The number of nitrogens with zero attached hydrogens (tertiary/aromatic N) is 3. The maximum absolute atomic E-state index is 4.97. The normalized spacial score (nSPS) is 18.8. The van der Waals surface area contributed by atoms with Gasteiger partial charge in [-0.25, -0.2) is 9.97 Å². The van der Waals surface area contributed by atoms with Gasteiger partial charge in [-0.15, -0.1) is 11.3 Å². The monoisotopic (exact) mass is 327 g/mol. The first kappa shape index (κ1) is 15.1. The molecule has 0 bridgehead atoms. The van der Waals surface area contributed by atoms with E-state index in [-0.39, 0.29) is 0 Å². The molecular formula is C17H17N3S2. The number of rotatable bonds is 3. The molecule has 1 aliphatic rings. The van der Waals surface area contributed by atoms with E-state index in [1.54, 1.807) is 16.7 Å². The maximum Gasteiger partial charge on any atom is 0.142 e. The molecule has 2 heterocycles. The van der Waals surface area contributed by atoms with Crippen molar-refractivity contribution in [2.75, 3.05) is 0 Å². The van der Waals surface area contributed by atoms with Crippen molar-refractivity contribution in [3.05, 3.63) is 53.0 Å². The van der Waals surface area contributed by atoms with Gasteiger partial charge in [-0.1, -0.05) is 42.1 Å². The van der Waals surface area contributed by atoms with Crippen LogP contribution in [-0.4, -0.2) is 19.9 Å². The highest BCUT2D eigenvalue weighted by Crippen LogP contribution is 2.32. The fourth-order valence-corrected chi connectivity index (χ4v) is 3.54. The number of aryl methyl sites for hydroxylation is 1. The third-order valence-corrected chi connectivity index (χ3v) is 4.72. The summed E-state index contributed by atoms with van der Waals surface area (Å²) < 4.78 is 2.03. The lowest BCUT2D eigenvalue weighted by Crippen LogP contribution is -1.95. The molecule has 0 aromatic carbocycles. The predicted octanol–water partition coefficient (Wildman–Crippen LogP) is 4.57. The average Bonchev–Trinajstić information content (AvgIpc) is 3.09. The SMILES string of the molecule is CC1=CC/C=C(/c2ncn(C)c2-c2nc(C=S)cs2)C/C=C\1. The number of thiocarbonyl (C=S) groups is 1. The van der Waals surface area contributed by atoms with Crippen LogP contribution in [0.2, 0.25) is 0 Å². The largest absolute Gasteiger partial charge is 0.331 e. The zero-order valence-electron chi connectivity index (χ0n) is 12.6. The fraction of sp³-hybridized carbons (Fsp3) is 0.235. The number of aromatic nitrogens is 3. The molecule has 0 atom stereocenters. The van der Waals surface area contributed by atoms with Crippen molar-refractivity contribution in [3.8, 4) is 10.7 Å². The molecule has 0 saturated carbocycles. The molecule has 0 amide bonds. The Morgan fingerprint density at radius 1 is 1.36 bits per heavy atom. The third kappa shape index (κ3) is 3.00. The lowest BCUT2D eigenvalue weighted by atomic mass is 10.0. The van der Waals surface area contributed by atoms with E-state index in [4.69, 9.17) is 12.2 Å². The molecule has 0 aliphatic heterocycles. The highest BCUT2D eigenvalue weighted by Gasteiger charge is 2.17. The van der Waals surface area contributed by atoms with Gasteiger partial charge in [0.2, 0.25) is 0 Å². The van der Waals surface area contributed by atoms with Crippen molar-refractivity contribution in [2.45, 2.75) is 19.8 Å². The molecule has 5 heteroatoms. The first-order chi connectivity index (χ1) is 10.7. The second kappa shape index (κ2) is 6.50. The van der Waals surface area contributed by atoms with Crippen LogP contribution in [0.25, 0.3) is 16.3 Å². The first-order valence-corrected chi connectivity index (χ1v) is 8.49. The van der Waals surface area contributed by atoms with Gasteiger partial charge in [-0.05, 0) is 25.3 Å². The van der Waals surface area contributed by atoms with Gasteiger partial charge in [-0.3, -0.25) is 0 Å². The maximum atomic E-state index is 4.97. The Morgan fingerprint density at radius 2 is 2.23 bits per heavy atom. The standard InChI is InChI=1S/C17H17N3S2/c1-12-5-3-7-13(8-4-6-12)15-16(20(2)11-18-15)17-19-14(9-21)10-22-17/h3,5-6,8-11H,4,7H2,1-2H3/b5-3-,12-6?,13-8+. The van der Waals surface area contributed by atoms with Crippen molar-refractivity contribution in [1.29, 1.82) is 0 Å². The van der Waals surface area contributed by atoms with Crippen molar-refractivity contribution in [1.82, 2.24) is 14.5 Å². The zero-order valence-corrected chi connectivity index (χ0v) is 14.2. The van der Waals surface area contributed by atoms with E-state index in [0.29, 0.717) is 0 Å². The smallest absolute Gasteiger partial charge is 0.142 e. The van der Waals surface area contributed by atoms with E-state index >= 15 is 0 Å². The molecule has 0 spiro atoms. The van der Waals surface area contributed by atoms with Crippen LogP contribution in [0, 0.1) is 0 Å². The summed E-state index contributed by atoms with van der Waals surface area (Å²) >= 11 is 6.57. The molecule has 1 aliphatic carbocycles. The van der Waals surface area contributed by atoms with E-state index in [1.807, 2.05) is 23.3 Å². The van der Waals surface area contributed by atoms with Crippen LogP contribution in [0.1, 0.15) is 31.2 Å². The first-order valence-electron chi connectivity index (χ1n) is 7.14. The van der Waals surface area contributed by atoms with Gasteiger partial charge in [0, 0.05) is 17.8 Å². The van der Waals surface area contributed by atoms with Gasteiger partial charge in [0.25, 0.3) is 0 Å². The van der Waals surface area contributed by atoms with Crippen LogP contribution in [0.15, 0.2) is 41.6 Å². The minimum atomic E-state index is 0.840. The molecule has 112 valence electrons. The topological polar surface area (TPSA) is 30.7 Å². The van der Waals surface area contributed by atoms with E-state index in [9.17, 15) is 0 Å². The van der Waals surface area contributed by atoms with Crippen molar-refractivity contribution >= 4 is 34.5 Å².